The van der Waals surface area contributed by atoms with Crippen molar-refractivity contribution >= 4 is 22.9 Å². The molecule has 106 valence electrons. The molecule has 4 nitrogen and oxygen atoms in total. The van der Waals surface area contributed by atoms with Crippen LogP contribution < -0.4 is 15.4 Å². The van der Waals surface area contributed by atoms with Crippen LogP contribution in [0.1, 0.15) is 11.8 Å². The molecule has 0 aliphatic rings. The Morgan fingerprint density at radius 2 is 2.05 bits per heavy atom. The van der Waals surface area contributed by atoms with Crippen LogP contribution in [-0.2, 0) is 11.3 Å². The topological polar surface area (TPSA) is 55.6 Å². The van der Waals surface area contributed by atoms with Gasteiger partial charge >= 0.3 is 0 Å². The smallest absolute Gasteiger partial charge is 0.243 e. The van der Waals surface area contributed by atoms with Crippen molar-refractivity contribution in [3.8, 4) is 5.75 Å². The predicted octanol–water partition coefficient (Wildman–Crippen LogP) is 2.64. The summed E-state index contributed by atoms with van der Waals surface area (Å²) >= 11 is 1.62. The first-order valence-electron chi connectivity index (χ1n) is 6.35. The van der Waals surface area contributed by atoms with Gasteiger partial charge in [-0.3, -0.25) is 4.79 Å². The summed E-state index contributed by atoms with van der Waals surface area (Å²) in [6.45, 7) is 2.23. The first-order valence-corrected chi connectivity index (χ1v) is 7.23. The van der Waals surface area contributed by atoms with Crippen LogP contribution in [0.4, 0.5) is 5.69 Å². The molecule has 1 aromatic heterocycles. The summed E-state index contributed by atoms with van der Waals surface area (Å²) < 4.78 is 5.14. The molecule has 0 radical (unpaired) electrons. The minimum atomic E-state index is -0.530. The lowest BCUT2D eigenvalue weighted by molar-refractivity contribution is -0.119. The van der Waals surface area contributed by atoms with E-state index in [2.05, 4.69) is 0 Å². The third kappa shape index (κ3) is 3.37. The number of thiophene rings is 1. The zero-order valence-electron chi connectivity index (χ0n) is 11.6. The molecule has 0 aliphatic carbocycles. The van der Waals surface area contributed by atoms with Gasteiger partial charge < -0.3 is 15.4 Å². The Labute approximate surface area is 122 Å². The molecule has 1 aromatic carbocycles. The predicted molar refractivity (Wildman–Crippen MR) is 82.2 cm³/mol. The summed E-state index contributed by atoms with van der Waals surface area (Å²) in [5, 5.41) is 2.00. The summed E-state index contributed by atoms with van der Waals surface area (Å²) in [5.41, 5.74) is 6.57. The number of hydrogen-bond donors (Lipinski definition) is 1. The number of benzene rings is 1. The second-order valence-corrected chi connectivity index (χ2v) is 5.52. The van der Waals surface area contributed by atoms with Crippen molar-refractivity contribution in [2.45, 2.75) is 19.5 Å². The zero-order valence-corrected chi connectivity index (χ0v) is 12.4. The second-order valence-electron chi connectivity index (χ2n) is 4.49. The Morgan fingerprint density at radius 1 is 1.35 bits per heavy atom. The lowest BCUT2D eigenvalue weighted by Crippen LogP contribution is -2.41. The lowest BCUT2D eigenvalue weighted by atomic mass is 10.2. The van der Waals surface area contributed by atoms with Crippen LogP contribution >= 0.6 is 11.3 Å². The van der Waals surface area contributed by atoms with E-state index in [4.69, 9.17) is 10.5 Å². The highest BCUT2D eigenvalue weighted by atomic mass is 32.1. The molecule has 1 atom stereocenters. The standard InChI is InChI=1S/C15H18N2O2S/c1-11(16)15(18)17(10-14-4-3-9-20-14)12-5-7-13(19-2)8-6-12/h3-9,11H,10,16H2,1-2H3. The van der Waals surface area contributed by atoms with Crippen LogP contribution in [0.25, 0.3) is 0 Å². The lowest BCUT2D eigenvalue weighted by Gasteiger charge is -2.24. The minimum absolute atomic E-state index is 0.0939. The SMILES string of the molecule is COc1ccc(N(Cc2cccs2)C(=O)C(C)N)cc1. The monoisotopic (exact) mass is 290 g/mol. The van der Waals surface area contributed by atoms with E-state index in [0.29, 0.717) is 6.54 Å². The van der Waals surface area contributed by atoms with E-state index in [1.54, 1.807) is 30.3 Å². The maximum absolute atomic E-state index is 12.3. The first kappa shape index (κ1) is 14.6. The molecule has 0 aliphatic heterocycles. The Kier molecular flexibility index (Phi) is 4.76. The van der Waals surface area contributed by atoms with Gasteiger partial charge in [0.05, 0.1) is 19.7 Å². The largest absolute Gasteiger partial charge is 0.497 e. The molecule has 20 heavy (non-hydrogen) atoms. The van der Waals surface area contributed by atoms with E-state index >= 15 is 0 Å². The highest BCUT2D eigenvalue weighted by molar-refractivity contribution is 7.09. The molecular weight excluding hydrogens is 272 g/mol. The summed E-state index contributed by atoms with van der Waals surface area (Å²) in [4.78, 5) is 15.1. The van der Waals surface area contributed by atoms with E-state index in [1.807, 2.05) is 41.8 Å². The molecule has 0 fully saturated rings. The fourth-order valence-corrected chi connectivity index (χ4v) is 2.56. The molecule has 1 unspecified atom stereocenters. The fourth-order valence-electron chi connectivity index (χ4n) is 1.86. The molecule has 0 saturated heterocycles. The van der Waals surface area contributed by atoms with E-state index in [0.717, 1.165) is 16.3 Å². The van der Waals surface area contributed by atoms with E-state index in [-0.39, 0.29) is 5.91 Å². The van der Waals surface area contributed by atoms with Crippen molar-refractivity contribution in [3.05, 3.63) is 46.7 Å². The quantitative estimate of drug-likeness (QED) is 0.921. The van der Waals surface area contributed by atoms with Gasteiger partial charge in [0.25, 0.3) is 0 Å². The number of ether oxygens (including phenoxy) is 1. The zero-order chi connectivity index (χ0) is 14.5. The van der Waals surface area contributed by atoms with Gasteiger partial charge in [-0.25, -0.2) is 0 Å². The van der Waals surface area contributed by atoms with Gasteiger partial charge in [-0.2, -0.15) is 0 Å². The molecule has 0 bridgehead atoms. The van der Waals surface area contributed by atoms with Crippen molar-refractivity contribution in [3.63, 3.8) is 0 Å². The maximum atomic E-state index is 12.3. The Bertz CT molecular complexity index is 550. The van der Waals surface area contributed by atoms with E-state index < -0.39 is 6.04 Å². The van der Waals surface area contributed by atoms with Crippen LogP contribution in [0.15, 0.2) is 41.8 Å². The second kappa shape index (κ2) is 6.54. The third-order valence-electron chi connectivity index (χ3n) is 2.93. The van der Waals surface area contributed by atoms with Gasteiger partial charge in [0, 0.05) is 10.6 Å². The molecule has 5 heteroatoms. The van der Waals surface area contributed by atoms with Gasteiger partial charge in [0.2, 0.25) is 5.91 Å². The normalized spacial score (nSPS) is 11.9. The summed E-state index contributed by atoms with van der Waals surface area (Å²) in [7, 11) is 1.62. The number of nitrogens with zero attached hydrogens (tertiary/aromatic N) is 1. The molecule has 0 saturated carbocycles. The van der Waals surface area contributed by atoms with Gasteiger partial charge in [-0.05, 0) is 42.6 Å². The summed E-state index contributed by atoms with van der Waals surface area (Å²) in [5.74, 6) is 0.668. The minimum Gasteiger partial charge on any atom is -0.497 e. The maximum Gasteiger partial charge on any atom is 0.243 e. The van der Waals surface area contributed by atoms with Gasteiger partial charge in [-0.1, -0.05) is 6.07 Å². The number of anilines is 1. The third-order valence-corrected chi connectivity index (χ3v) is 3.79. The van der Waals surface area contributed by atoms with E-state index in [1.165, 1.54) is 0 Å². The first-order chi connectivity index (χ1) is 9.61. The van der Waals surface area contributed by atoms with Crippen LogP contribution in [-0.4, -0.2) is 19.1 Å². The highest BCUT2D eigenvalue weighted by Gasteiger charge is 2.20. The number of methoxy groups -OCH3 is 1. The van der Waals surface area contributed by atoms with Crippen LogP contribution in [0.5, 0.6) is 5.75 Å². The van der Waals surface area contributed by atoms with Crippen LogP contribution in [0.2, 0.25) is 0 Å². The Balaban J connectivity index is 2.27. The van der Waals surface area contributed by atoms with Crippen molar-refractivity contribution in [1.82, 2.24) is 0 Å². The molecule has 0 spiro atoms. The van der Waals surface area contributed by atoms with Crippen LogP contribution in [0, 0.1) is 0 Å². The summed E-state index contributed by atoms with van der Waals surface area (Å²) in [6, 6.07) is 10.9. The average molecular weight is 290 g/mol. The number of carbonyl (C=O) groups excluding carboxylic acids is 1. The molecule has 2 aromatic rings. The van der Waals surface area contributed by atoms with Crippen molar-refractivity contribution in [2.75, 3.05) is 12.0 Å². The summed E-state index contributed by atoms with van der Waals surface area (Å²) in [6.07, 6.45) is 0. The van der Waals surface area contributed by atoms with E-state index in [9.17, 15) is 4.79 Å². The van der Waals surface area contributed by atoms with Gasteiger partial charge in [0.15, 0.2) is 0 Å². The Morgan fingerprint density at radius 3 is 2.55 bits per heavy atom. The molecular formula is C15H18N2O2S. The van der Waals surface area contributed by atoms with Crippen molar-refractivity contribution < 1.29 is 9.53 Å². The average Bonchev–Trinajstić information content (AvgIpc) is 2.97. The highest BCUT2D eigenvalue weighted by Crippen LogP contribution is 2.23. The molecule has 2 rings (SSSR count). The molecule has 1 heterocycles. The van der Waals surface area contributed by atoms with Gasteiger partial charge in [-0.15, -0.1) is 11.3 Å². The molecule has 1 amide bonds. The Hall–Kier alpha value is -1.85. The fraction of sp³-hybridized carbons (Fsp3) is 0.267. The number of carbonyl (C=O) groups is 1. The van der Waals surface area contributed by atoms with Crippen molar-refractivity contribution in [1.29, 1.82) is 0 Å². The number of amides is 1. The number of rotatable bonds is 5. The van der Waals surface area contributed by atoms with Gasteiger partial charge in [0.1, 0.15) is 5.75 Å². The number of hydrogen-bond acceptors (Lipinski definition) is 4. The number of nitrogens with two attached hydrogens (primary N) is 1. The molecule has 2 N–H and O–H groups in total. The van der Waals surface area contributed by atoms with Crippen LogP contribution in [0.3, 0.4) is 0 Å². The van der Waals surface area contributed by atoms with Crippen molar-refractivity contribution in [2.24, 2.45) is 5.73 Å².